The van der Waals surface area contributed by atoms with Crippen molar-refractivity contribution in [2.75, 3.05) is 31.5 Å². The molecule has 130 valence electrons. The Bertz CT molecular complexity index is 773. The first-order chi connectivity index (χ1) is 12.0. The van der Waals surface area contributed by atoms with Gasteiger partial charge in [0.05, 0.1) is 11.3 Å². The molecule has 3 rings (SSSR count). The summed E-state index contributed by atoms with van der Waals surface area (Å²) in [5.74, 6) is -0.364. The smallest absolute Gasteiger partial charge is 0.257 e. The van der Waals surface area contributed by atoms with Crippen LogP contribution < -0.4 is 5.32 Å². The van der Waals surface area contributed by atoms with Crippen LogP contribution in [-0.2, 0) is 4.79 Å². The third kappa shape index (κ3) is 3.90. The average Bonchev–Trinajstić information content (AvgIpc) is 2.64. The van der Waals surface area contributed by atoms with E-state index in [0.717, 1.165) is 0 Å². The molecule has 1 N–H and O–H groups in total. The molecule has 2 heterocycles. The standard InChI is InChI=1S/C17H18FN5O2/c1-12(24)22-6-8-23(9-7-22)16(25)13-10-19-17(20-11-13)21-15-5-3-2-4-14(15)18/h2-5,10-11H,6-9H2,1H3,(H,19,20,21). The summed E-state index contributed by atoms with van der Waals surface area (Å²) in [5, 5.41) is 2.77. The maximum absolute atomic E-state index is 13.6. The molecule has 0 spiro atoms. The van der Waals surface area contributed by atoms with Gasteiger partial charge in [0.25, 0.3) is 5.91 Å². The summed E-state index contributed by atoms with van der Waals surface area (Å²) in [6, 6.07) is 6.20. The number of halogens is 1. The van der Waals surface area contributed by atoms with Gasteiger partial charge in [0.1, 0.15) is 5.82 Å². The first-order valence-electron chi connectivity index (χ1n) is 7.93. The van der Waals surface area contributed by atoms with E-state index in [1.165, 1.54) is 25.4 Å². The van der Waals surface area contributed by atoms with Crippen molar-refractivity contribution in [1.29, 1.82) is 0 Å². The predicted molar refractivity (Wildman–Crippen MR) is 89.9 cm³/mol. The molecule has 1 aliphatic rings. The van der Waals surface area contributed by atoms with E-state index < -0.39 is 5.82 Å². The number of piperazine rings is 1. The van der Waals surface area contributed by atoms with Crippen LogP contribution in [0.15, 0.2) is 36.7 Å². The highest BCUT2D eigenvalue weighted by molar-refractivity contribution is 5.94. The molecular formula is C17H18FN5O2. The Morgan fingerprint density at radius 2 is 1.64 bits per heavy atom. The van der Waals surface area contributed by atoms with E-state index in [9.17, 15) is 14.0 Å². The molecule has 25 heavy (non-hydrogen) atoms. The average molecular weight is 343 g/mol. The van der Waals surface area contributed by atoms with Crippen LogP contribution in [0.3, 0.4) is 0 Å². The van der Waals surface area contributed by atoms with E-state index in [1.807, 2.05) is 0 Å². The van der Waals surface area contributed by atoms with Crippen LogP contribution in [0.4, 0.5) is 16.0 Å². The molecule has 1 fully saturated rings. The highest BCUT2D eigenvalue weighted by Gasteiger charge is 2.23. The number of benzene rings is 1. The summed E-state index contributed by atoms with van der Waals surface area (Å²) in [7, 11) is 0. The third-order valence-electron chi connectivity index (χ3n) is 4.03. The van der Waals surface area contributed by atoms with Gasteiger partial charge in [-0.05, 0) is 12.1 Å². The van der Waals surface area contributed by atoms with Crippen LogP contribution in [-0.4, -0.2) is 57.8 Å². The fraction of sp³-hybridized carbons (Fsp3) is 0.294. The molecule has 0 unspecified atom stereocenters. The monoisotopic (exact) mass is 343 g/mol. The van der Waals surface area contributed by atoms with Crippen LogP contribution in [0.2, 0.25) is 0 Å². The van der Waals surface area contributed by atoms with Crippen LogP contribution in [0.1, 0.15) is 17.3 Å². The van der Waals surface area contributed by atoms with Gasteiger partial charge in [-0.3, -0.25) is 9.59 Å². The SMILES string of the molecule is CC(=O)N1CCN(C(=O)c2cnc(Nc3ccccc3F)nc2)CC1. The van der Waals surface area contributed by atoms with Crippen molar-refractivity contribution in [3.05, 3.63) is 48.0 Å². The van der Waals surface area contributed by atoms with Crippen LogP contribution in [0, 0.1) is 5.82 Å². The number of rotatable bonds is 3. The predicted octanol–water partition coefficient (Wildman–Crippen LogP) is 1.66. The van der Waals surface area contributed by atoms with E-state index >= 15 is 0 Å². The molecule has 2 amide bonds. The van der Waals surface area contributed by atoms with Crippen molar-refractivity contribution in [3.8, 4) is 0 Å². The highest BCUT2D eigenvalue weighted by Crippen LogP contribution is 2.16. The number of carbonyl (C=O) groups excluding carboxylic acids is 2. The summed E-state index contributed by atoms with van der Waals surface area (Å²) >= 11 is 0. The Morgan fingerprint density at radius 1 is 1.04 bits per heavy atom. The number of aromatic nitrogens is 2. The largest absolute Gasteiger partial charge is 0.339 e. The maximum atomic E-state index is 13.6. The summed E-state index contributed by atoms with van der Waals surface area (Å²) in [5.41, 5.74) is 0.622. The van der Waals surface area contributed by atoms with E-state index in [2.05, 4.69) is 15.3 Å². The minimum Gasteiger partial charge on any atom is -0.339 e. The summed E-state index contributed by atoms with van der Waals surface area (Å²) < 4.78 is 13.6. The van der Waals surface area contributed by atoms with Crippen molar-refractivity contribution in [2.45, 2.75) is 6.92 Å². The Hall–Kier alpha value is -3.03. The summed E-state index contributed by atoms with van der Waals surface area (Å²) in [6.07, 6.45) is 2.83. The summed E-state index contributed by atoms with van der Waals surface area (Å²) in [4.78, 5) is 35.3. The molecule has 7 nitrogen and oxygen atoms in total. The lowest BCUT2D eigenvalue weighted by Crippen LogP contribution is -2.50. The van der Waals surface area contributed by atoms with Crippen molar-refractivity contribution < 1.29 is 14.0 Å². The van der Waals surface area contributed by atoms with Gasteiger partial charge in [-0.15, -0.1) is 0 Å². The normalized spacial score (nSPS) is 14.3. The lowest BCUT2D eigenvalue weighted by molar-refractivity contribution is -0.130. The van der Waals surface area contributed by atoms with Crippen molar-refractivity contribution in [1.82, 2.24) is 19.8 Å². The second kappa shape index (κ2) is 7.25. The number of nitrogens with zero attached hydrogens (tertiary/aromatic N) is 4. The van der Waals surface area contributed by atoms with Gasteiger partial charge >= 0.3 is 0 Å². The molecule has 0 bridgehead atoms. The van der Waals surface area contributed by atoms with Crippen LogP contribution in [0.25, 0.3) is 0 Å². The Kier molecular flexibility index (Phi) is 4.87. The van der Waals surface area contributed by atoms with E-state index in [0.29, 0.717) is 31.7 Å². The molecule has 1 aliphatic heterocycles. The number of para-hydroxylation sites is 1. The molecule has 0 saturated carbocycles. The van der Waals surface area contributed by atoms with Gasteiger partial charge < -0.3 is 15.1 Å². The second-order valence-corrected chi connectivity index (χ2v) is 5.70. The lowest BCUT2D eigenvalue weighted by atomic mass is 10.2. The Balaban J connectivity index is 1.63. The van der Waals surface area contributed by atoms with Crippen molar-refractivity contribution in [3.63, 3.8) is 0 Å². The van der Waals surface area contributed by atoms with Gasteiger partial charge in [0.15, 0.2) is 0 Å². The fourth-order valence-electron chi connectivity index (χ4n) is 2.59. The number of anilines is 2. The fourth-order valence-corrected chi connectivity index (χ4v) is 2.59. The van der Waals surface area contributed by atoms with Gasteiger partial charge in [-0.25, -0.2) is 14.4 Å². The zero-order chi connectivity index (χ0) is 17.8. The molecule has 1 aromatic carbocycles. The maximum Gasteiger partial charge on any atom is 0.257 e. The molecular weight excluding hydrogens is 325 g/mol. The van der Waals surface area contributed by atoms with Crippen LogP contribution in [0.5, 0.6) is 0 Å². The minimum absolute atomic E-state index is 0.0130. The van der Waals surface area contributed by atoms with Gasteiger partial charge in [-0.1, -0.05) is 12.1 Å². The first-order valence-corrected chi connectivity index (χ1v) is 7.93. The molecule has 1 saturated heterocycles. The van der Waals surface area contributed by atoms with E-state index in [-0.39, 0.29) is 23.5 Å². The Labute approximate surface area is 144 Å². The lowest BCUT2D eigenvalue weighted by Gasteiger charge is -2.34. The van der Waals surface area contributed by atoms with Gasteiger partial charge in [0, 0.05) is 45.5 Å². The number of hydrogen-bond acceptors (Lipinski definition) is 5. The first kappa shape index (κ1) is 16.8. The topological polar surface area (TPSA) is 78.4 Å². The molecule has 1 aromatic heterocycles. The van der Waals surface area contributed by atoms with E-state index in [4.69, 9.17) is 0 Å². The third-order valence-corrected chi connectivity index (χ3v) is 4.03. The molecule has 2 aromatic rings. The number of nitrogens with one attached hydrogen (secondary N) is 1. The zero-order valence-electron chi connectivity index (χ0n) is 13.8. The Morgan fingerprint density at radius 3 is 2.24 bits per heavy atom. The van der Waals surface area contributed by atoms with Crippen molar-refractivity contribution >= 4 is 23.5 Å². The minimum atomic E-state index is -0.408. The number of hydrogen-bond donors (Lipinski definition) is 1. The molecule has 8 heteroatoms. The highest BCUT2D eigenvalue weighted by atomic mass is 19.1. The molecule has 0 radical (unpaired) electrons. The second-order valence-electron chi connectivity index (χ2n) is 5.70. The van der Waals surface area contributed by atoms with E-state index in [1.54, 1.807) is 28.0 Å². The molecule has 0 atom stereocenters. The van der Waals surface area contributed by atoms with Crippen LogP contribution >= 0.6 is 0 Å². The van der Waals surface area contributed by atoms with Gasteiger partial charge in [0.2, 0.25) is 11.9 Å². The zero-order valence-corrected chi connectivity index (χ0v) is 13.8. The molecule has 0 aliphatic carbocycles. The van der Waals surface area contributed by atoms with Crippen molar-refractivity contribution in [2.24, 2.45) is 0 Å². The quantitative estimate of drug-likeness (QED) is 0.917. The number of amides is 2. The number of carbonyl (C=O) groups is 2. The van der Waals surface area contributed by atoms with Gasteiger partial charge in [-0.2, -0.15) is 0 Å². The summed E-state index contributed by atoms with van der Waals surface area (Å²) in [6.45, 7) is 3.53.